The Labute approximate surface area is 114 Å². The number of unbranched alkanes of at least 4 members (excludes halogenated alkanes) is 7. The van der Waals surface area contributed by atoms with Gasteiger partial charge in [0.2, 0.25) is 0 Å². The van der Waals surface area contributed by atoms with Crippen molar-refractivity contribution in [2.45, 2.75) is 90.2 Å². The quantitative estimate of drug-likeness (QED) is 0.300. The number of methoxy groups -OCH3 is 1. The van der Waals surface area contributed by atoms with Gasteiger partial charge in [0.25, 0.3) is 0 Å². The van der Waals surface area contributed by atoms with E-state index in [1.54, 1.807) is 7.11 Å². The van der Waals surface area contributed by atoms with Crippen molar-refractivity contribution in [2.75, 3.05) is 7.11 Å². The fraction of sp³-hybridized carbons (Fsp3) is 1.00. The van der Waals surface area contributed by atoms with E-state index in [-0.39, 0.29) is 6.10 Å². The Morgan fingerprint density at radius 3 is 1.94 bits per heavy atom. The van der Waals surface area contributed by atoms with E-state index in [2.05, 4.69) is 19.3 Å². The predicted octanol–water partition coefficient (Wildman–Crippen LogP) is 3.77. The molecule has 0 aromatic carbocycles. The molecular weight excluding hydrogens is 224 g/mol. The number of hydrogen-bond acceptors (Lipinski definition) is 3. The highest BCUT2D eigenvalue weighted by Crippen LogP contribution is 2.13. The summed E-state index contributed by atoms with van der Waals surface area (Å²) in [6.45, 7) is 4.41. The van der Waals surface area contributed by atoms with Crippen LogP contribution in [0.2, 0.25) is 0 Å². The predicted molar refractivity (Wildman–Crippen MR) is 79.4 cm³/mol. The summed E-state index contributed by atoms with van der Waals surface area (Å²) in [5.74, 6) is 5.59. The lowest BCUT2D eigenvalue weighted by atomic mass is 10.0. The SMILES string of the molecule is CCCCCCCCCCC(NN)C(CC)OC. The van der Waals surface area contributed by atoms with Crippen LogP contribution in [-0.2, 0) is 4.74 Å². The van der Waals surface area contributed by atoms with E-state index >= 15 is 0 Å². The maximum atomic E-state index is 5.59. The van der Waals surface area contributed by atoms with E-state index in [1.807, 2.05) is 0 Å². The van der Waals surface area contributed by atoms with Crippen LogP contribution in [-0.4, -0.2) is 19.3 Å². The summed E-state index contributed by atoms with van der Waals surface area (Å²) in [7, 11) is 1.77. The second-order valence-electron chi connectivity index (χ2n) is 5.22. The fourth-order valence-electron chi connectivity index (χ4n) is 2.49. The average molecular weight is 258 g/mol. The van der Waals surface area contributed by atoms with Crippen LogP contribution < -0.4 is 11.3 Å². The van der Waals surface area contributed by atoms with Crippen molar-refractivity contribution in [3.63, 3.8) is 0 Å². The van der Waals surface area contributed by atoms with Crippen LogP contribution in [0.5, 0.6) is 0 Å². The molecule has 0 rings (SSSR count). The first-order valence-corrected chi connectivity index (χ1v) is 7.79. The lowest BCUT2D eigenvalue weighted by Gasteiger charge is -2.24. The van der Waals surface area contributed by atoms with E-state index in [0.717, 1.165) is 12.8 Å². The normalized spacial score (nSPS) is 14.7. The van der Waals surface area contributed by atoms with Crippen molar-refractivity contribution in [3.05, 3.63) is 0 Å². The van der Waals surface area contributed by atoms with Crippen LogP contribution >= 0.6 is 0 Å². The van der Waals surface area contributed by atoms with E-state index in [4.69, 9.17) is 10.6 Å². The van der Waals surface area contributed by atoms with Crippen LogP contribution in [0.15, 0.2) is 0 Å². The van der Waals surface area contributed by atoms with Crippen molar-refractivity contribution in [1.82, 2.24) is 5.43 Å². The summed E-state index contributed by atoms with van der Waals surface area (Å²) in [5.41, 5.74) is 2.90. The molecule has 18 heavy (non-hydrogen) atoms. The number of rotatable bonds is 13. The van der Waals surface area contributed by atoms with Gasteiger partial charge in [0.05, 0.1) is 6.10 Å². The summed E-state index contributed by atoms with van der Waals surface area (Å²) >= 11 is 0. The molecule has 0 bridgehead atoms. The summed E-state index contributed by atoms with van der Waals surface area (Å²) < 4.78 is 5.43. The average Bonchev–Trinajstić information content (AvgIpc) is 2.40. The van der Waals surface area contributed by atoms with Gasteiger partial charge in [-0.1, -0.05) is 65.2 Å². The summed E-state index contributed by atoms with van der Waals surface area (Å²) in [5, 5.41) is 0. The third-order valence-corrected chi connectivity index (χ3v) is 3.74. The second kappa shape index (κ2) is 13.3. The molecule has 0 aliphatic carbocycles. The van der Waals surface area contributed by atoms with Crippen molar-refractivity contribution in [3.8, 4) is 0 Å². The molecule has 110 valence electrons. The molecule has 2 atom stereocenters. The molecule has 0 aromatic heterocycles. The van der Waals surface area contributed by atoms with Crippen LogP contribution in [0.1, 0.15) is 78.1 Å². The minimum absolute atomic E-state index is 0.250. The van der Waals surface area contributed by atoms with Gasteiger partial charge in [-0.2, -0.15) is 0 Å². The highest BCUT2D eigenvalue weighted by Gasteiger charge is 2.17. The van der Waals surface area contributed by atoms with Gasteiger partial charge in [-0.05, 0) is 12.8 Å². The standard InChI is InChI=1S/C15H34N2O/c1-4-6-7-8-9-10-11-12-13-14(17-16)15(5-2)18-3/h14-15,17H,4-13,16H2,1-3H3. The van der Waals surface area contributed by atoms with Crippen LogP contribution in [0.25, 0.3) is 0 Å². The molecule has 0 radical (unpaired) electrons. The Morgan fingerprint density at radius 1 is 0.944 bits per heavy atom. The molecule has 0 saturated heterocycles. The molecule has 0 saturated carbocycles. The molecule has 2 unspecified atom stereocenters. The number of nitrogens with one attached hydrogen (secondary N) is 1. The maximum absolute atomic E-state index is 5.59. The Morgan fingerprint density at radius 2 is 1.50 bits per heavy atom. The van der Waals surface area contributed by atoms with Gasteiger partial charge in [-0.3, -0.25) is 11.3 Å². The molecule has 3 nitrogen and oxygen atoms in total. The highest BCUT2D eigenvalue weighted by atomic mass is 16.5. The zero-order chi connectivity index (χ0) is 13.6. The highest BCUT2D eigenvalue weighted by molar-refractivity contribution is 4.73. The van der Waals surface area contributed by atoms with E-state index in [1.165, 1.54) is 51.4 Å². The minimum atomic E-state index is 0.250. The van der Waals surface area contributed by atoms with Gasteiger partial charge in [0, 0.05) is 13.2 Å². The number of hydrazine groups is 1. The molecule has 0 fully saturated rings. The summed E-state index contributed by atoms with van der Waals surface area (Å²) in [6, 6.07) is 0.306. The number of ether oxygens (including phenoxy) is 1. The first kappa shape index (κ1) is 17.9. The zero-order valence-corrected chi connectivity index (χ0v) is 12.7. The van der Waals surface area contributed by atoms with E-state index in [0.29, 0.717) is 6.04 Å². The molecule has 0 aromatic rings. The molecule has 0 amide bonds. The van der Waals surface area contributed by atoms with E-state index < -0.39 is 0 Å². The van der Waals surface area contributed by atoms with Gasteiger partial charge >= 0.3 is 0 Å². The minimum Gasteiger partial charge on any atom is -0.380 e. The van der Waals surface area contributed by atoms with Crippen LogP contribution in [0, 0.1) is 0 Å². The molecule has 0 spiro atoms. The third-order valence-electron chi connectivity index (χ3n) is 3.74. The zero-order valence-electron chi connectivity index (χ0n) is 12.7. The molecular formula is C15H34N2O. The molecule has 0 aliphatic heterocycles. The Balaban J connectivity index is 3.45. The smallest absolute Gasteiger partial charge is 0.0735 e. The van der Waals surface area contributed by atoms with E-state index in [9.17, 15) is 0 Å². The van der Waals surface area contributed by atoms with Crippen molar-refractivity contribution in [2.24, 2.45) is 5.84 Å². The Hall–Kier alpha value is -0.120. The first-order chi connectivity index (χ1) is 8.79. The topological polar surface area (TPSA) is 47.3 Å². The monoisotopic (exact) mass is 258 g/mol. The van der Waals surface area contributed by atoms with Gasteiger partial charge in [0.15, 0.2) is 0 Å². The largest absolute Gasteiger partial charge is 0.380 e. The number of hydrogen-bond donors (Lipinski definition) is 2. The van der Waals surface area contributed by atoms with Gasteiger partial charge < -0.3 is 4.74 Å². The van der Waals surface area contributed by atoms with Crippen molar-refractivity contribution in [1.29, 1.82) is 0 Å². The number of nitrogens with two attached hydrogens (primary N) is 1. The Kier molecular flexibility index (Phi) is 13.2. The lowest BCUT2D eigenvalue weighted by molar-refractivity contribution is 0.0616. The van der Waals surface area contributed by atoms with Crippen LogP contribution in [0.4, 0.5) is 0 Å². The van der Waals surface area contributed by atoms with Crippen molar-refractivity contribution >= 4 is 0 Å². The van der Waals surface area contributed by atoms with Crippen molar-refractivity contribution < 1.29 is 4.74 Å². The molecule has 3 N–H and O–H groups in total. The molecule has 0 aliphatic rings. The summed E-state index contributed by atoms with van der Waals surface area (Å²) in [4.78, 5) is 0. The maximum Gasteiger partial charge on any atom is 0.0735 e. The Bertz CT molecular complexity index is 161. The third kappa shape index (κ3) is 8.90. The fourth-order valence-corrected chi connectivity index (χ4v) is 2.49. The van der Waals surface area contributed by atoms with Gasteiger partial charge in [-0.25, -0.2) is 0 Å². The molecule has 3 heteroatoms. The second-order valence-corrected chi connectivity index (χ2v) is 5.22. The first-order valence-electron chi connectivity index (χ1n) is 7.79. The van der Waals surface area contributed by atoms with Gasteiger partial charge in [0.1, 0.15) is 0 Å². The summed E-state index contributed by atoms with van der Waals surface area (Å²) in [6.07, 6.45) is 13.3. The molecule has 0 heterocycles. The van der Waals surface area contributed by atoms with Gasteiger partial charge in [-0.15, -0.1) is 0 Å². The lowest BCUT2D eigenvalue weighted by Crippen LogP contribution is -2.44. The van der Waals surface area contributed by atoms with Crippen LogP contribution in [0.3, 0.4) is 0 Å².